The maximum atomic E-state index is 13.5. The Bertz CT molecular complexity index is 1280. The molecule has 0 saturated carbocycles. The van der Waals surface area contributed by atoms with Crippen LogP contribution in [-0.2, 0) is 9.47 Å². The molecule has 11 heteroatoms. The molecule has 3 aromatic rings. The molecule has 0 unspecified atom stereocenters. The van der Waals surface area contributed by atoms with E-state index in [0.29, 0.717) is 48.1 Å². The van der Waals surface area contributed by atoms with Gasteiger partial charge in [-0.1, -0.05) is 47.7 Å². The van der Waals surface area contributed by atoms with Crippen LogP contribution in [0.5, 0.6) is 0 Å². The summed E-state index contributed by atoms with van der Waals surface area (Å²) < 4.78 is 10.9. The smallest absolute Gasteiger partial charge is 0.342 e. The minimum absolute atomic E-state index is 0.0298. The molecule has 230 valence electrons. The highest BCUT2D eigenvalue weighted by Crippen LogP contribution is 2.43. The summed E-state index contributed by atoms with van der Waals surface area (Å²) >= 11 is 1.14. The Morgan fingerprint density at radius 3 is 1.28 bits per heavy atom. The summed E-state index contributed by atoms with van der Waals surface area (Å²) in [6.45, 7) is 14.5. The van der Waals surface area contributed by atoms with E-state index >= 15 is 0 Å². The quantitative estimate of drug-likeness (QED) is 0.129. The molecule has 0 bridgehead atoms. The van der Waals surface area contributed by atoms with Crippen molar-refractivity contribution in [3.63, 3.8) is 0 Å². The molecule has 43 heavy (non-hydrogen) atoms. The molecule has 2 N–H and O–H groups in total. The lowest BCUT2D eigenvalue weighted by molar-refractivity contribution is 0.0481. The number of rotatable bonds is 12. The van der Waals surface area contributed by atoms with Crippen molar-refractivity contribution < 1.29 is 19.1 Å². The molecule has 0 spiro atoms. The van der Waals surface area contributed by atoms with Gasteiger partial charge in [-0.2, -0.15) is 0 Å². The van der Waals surface area contributed by atoms with Gasteiger partial charge in [0.1, 0.15) is 21.1 Å². The number of carbonyl (C=O) groups excluding carboxylic acids is 2. The minimum Gasteiger partial charge on any atom is -0.462 e. The highest BCUT2D eigenvalue weighted by Gasteiger charge is 2.32. The Morgan fingerprint density at radius 1 is 0.628 bits per heavy atom. The number of hydrogen-bond donors (Lipinski definition) is 2. The van der Waals surface area contributed by atoms with Gasteiger partial charge in [-0.25, -0.2) is 19.6 Å². The summed E-state index contributed by atoms with van der Waals surface area (Å²) in [5.41, 5.74) is 1.73. The van der Waals surface area contributed by atoms with Crippen molar-refractivity contribution in [2.24, 2.45) is 9.98 Å². The van der Waals surface area contributed by atoms with E-state index in [1.807, 2.05) is 98.2 Å². The average Bonchev–Trinajstić information content (AvgIpc) is 3.37. The second kappa shape index (κ2) is 16.9. The van der Waals surface area contributed by atoms with Gasteiger partial charge in [0, 0.05) is 37.6 Å². The topological polar surface area (TPSA) is 108 Å². The lowest BCUT2D eigenvalue weighted by Crippen LogP contribution is -2.36. The van der Waals surface area contributed by atoms with Crippen molar-refractivity contribution >= 4 is 56.6 Å². The predicted molar refractivity (Wildman–Crippen MR) is 176 cm³/mol. The lowest BCUT2D eigenvalue weighted by Gasteiger charge is -2.24. The molecule has 0 aliphatic rings. The molecular formula is C32H42N6O4S. The molecule has 10 nitrogen and oxygen atoms in total. The molecule has 0 amide bonds. The number of anilines is 2. The van der Waals surface area contributed by atoms with Crippen LogP contribution in [0, 0.1) is 0 Å². The molecule has 0 fully saturated rings. The maximum absolute atomic E-state index is 13.5. The average molecular weight is 607 g/mol. The molecule has 1 heterocycles. The second-order valence-electron chi connectivity index (χ2n) is 9.10. The molecule has 1 aromatic heterocycles. The number of guanidine groups is 2. The first-order valence-electron chi connectivity index (χ1n) is 14.7. The molecule has 0 aliphatic heterocycles. The van der Waals surface area contributed by atoms with Gasteiger partial charge in [0.2, 0.25) is 11.9 Å². The van der Waals surface area contributed by atoms with Gasteiger partial charge in [0.05, 0.1) is 13.2 Å². The fourth-order valence-corrected chi connectivity index (χ4v) is 5.27. The second-order valence-corrected chi connectivity index (χ2v) is 10.1. The predicted octanol–water partition coefficient (Wildman–Crippen LogP) is 6.98. The molecule has 0 aliphatic carbocycles. The molecule has 0 radical (unpaired) electrons. The van der Waals surface area contributed by atoms with Crippen LogP contribution in [0.1, 0.15) is 62.3 Å². The molecule has 2 aromatic carbocycles. The molecule has 0 saturated heterocycles. The monoisotopic (exact) mass is 606 g/mol. The van der Waals surface area contributed by atoms with Crippen LogP contribution in [0.3, 0.4) is 0 Å². The highest BCUT2D eigenvalue weighted by atomic mass is 32.1. The van der Waals surface area contributed by atoms with Gasteiger partial charge in [-0.3, -0.25) is 0 Å². The minimum atomic E-state index is -0.666. The number of thiophene rings is 1. The van der Waals surface area contributed by atoms with E-state index in [2.05, 4.69) is 10.6 Å². The summed E-state index contributed by atoms with van der Waals surface area (Å²) in [5, 5.41) is 7.35. The fourth-order valence-electron chi connectivity index (χ4n) is 4.25. The third kappa shape index (κ3) is 8.81. The van der Waals surface area contributed by atoms with Gasteiger partial charge >= 0.3 is 11.9 Å². The lowest BCUT2D eigenvalue weighted by atomic mass is 10.1. The zero-order valence-corrected chi connectivity index (χ0v) is 26.7. The summed E-state index contributed by atoms with van der Waals surface area (Å²) in [5.74, 6) is -0.275. The van der Waals surface area contributed by atoms with Crippen LogP contribution in [0.15, 0.2) is 70.6 Å². The van der Waals surface area contributed by atoms with E-state index in [4.69, 9.17) is 19.5 Å². The van der Waals surface area contributed by atoms with Crippen LogP contribution in [0.4, 0.5) is 21.4 Å². The number of esters is 2. The van der Waals surface area contributed by atoms with Crippen LogP contribution in [0.25, 0.3) is 0 Å². The number of hydrogen-bond acceptors (Lipinski definition) is 7. The van der Waals surface area contributed by atoms with Gasteiger partial charge in [-0.15, -0.1) is 0 Å². The van der Waals surface area contributed by atoms with Gasteiger partial charge in [-0.05, 0) is 65.8 Å². The molecular weight excluding hydrogens is 564 g/mol. The zero-order chi connectivity index (χ0) is 31.2. The Kier molecular flexibility index (Phi) is 13.0. The van der Waals surface area contributed by atoms with E-state index in [1.165, 1.54) is 0 Å². The van der Waals surface area contributed by atoms with Crippen molar-refractivity contribution in [2.75, 3.05) is 50.0 Å². The largest absolute Gasteiger partial charge is 0.462 e. The highest BCUT2D eigenvalue weighted by molar-refractivity contribution is 7.20. The Morgan fingerprint density at radius 2 is 0.977 bits per heavy atom. The maximum Gasteiger partial charge on any atom is 0.342 e. The van der Waals surface area contributed by atoms with E-state index in [9.17, 15) is 9.59 Å². The number of nitrogens with zero attached hydrogens (tertiary/aromatic N) is 4. The summed E-state index contributed by atoms with van der Waals surface area (Å²) in [7, 11) is 0. The third-order valence-electron chi connectivity index (χ3n) is 6.43. The number of ether oxygens (including phenoxy) is 2. The summed E-state index contributed by atoms with van der Waals surface area (Å²) in [6.07, 6.45) is 0. The number of nitrogens with one attached hydrogen (secondary N) is 2. The Labute approximate surface area is 258 Å². The van der Waals surface area contributed by atoms with Crippen molar-refractivity contribution in [1.29, 1.82) is 0 Å². The van der Waals surface area contributed by atoms with Crippen molar-refractivity contribution in [2.45, 2.75) is 41.5 Å². The van der Waals surface area contributed by atoms with Crippen LogP contribution < -0.4 is 10.6 Å². The SMILES string of the molecule is CCOC(=O)c1c(/N=C(/Nc2ccccc2)N(CC)CC)sc(/N=C(\Nc2ccccc2)N(CC)CC)c1C(=O)OCC. The third-order valence-corrected chi connectivity index (χ3v) is 7.41. The van der Waals surface area contributed by atoms with Crippen molar-refractivity contribution in [3.8, 4) is 0 Å². The first kappa shape index (κ1) is 33.1. The number of benzene rings is 2. The van der Waals surface area contributed by atoms with Crippen LogP contribution in [-0.4, -0.2) is 73.1 Å². The normalized spacial score (nSPS) is 11.6. The standard InChI is InChI=1S/C32H42N6O4S/c1-7-37(8-2)31(33-23-19-15-13-16-20-23)35-27-25(29(39)41-11-5)26(30(40)42-12-6)28(43-27)36-32(38(9-3)10-4)34-24-21-17-14-18-22-24/h13-22H,7-12H2,1-6H3,(H,33,35)(H,34,36). The van der Waals surface area contributed by atoms with E-state index in [1.54, 1.807) is 13.8 Å². The summed E-state index contributed by atoms with van der Waals surface area (Å²) in [6, 6.07) is 19.3. The molecule has 0 atom stereocenters. The Balaban J connectivity index is 2.32. The molecule has 3 rings (SSSR count). The van der Waals surface area contributed by atoms with E-state index in [0.717, 1.165) is 22.7 Å². The van der Waals surface area contributed by atoms with E-state index < -0.39 is 11.9 Å². The Hall–Kier alpha value is -4.38. The first-order valence-corrected chi connectivity index (χ1v) is 15.5. The van der Waals surface area contributed by atoms with Gasteiger partial charge in [0.25, 0.3) is 0 Å². The van der Waals surface area contributed by atoms with Crippen LogP contribution in [0.2, 0.25) is 0 Å². The van der Waals surface area contributed by atoms with Crippen molar-refractivity contribution in [1.82, 2.24) is 9.80 Å². The number of carbonyl (C=O) groups is 2. The van der Waals surface area contributed by atoms with E-state index in [-0.39, 0.29) is 24.3 Å². The van der Waals surface area contributed by atoms with Crippen molar-refractivity contribution in [3.05, 3.63) is 71.8 Å². The zero-order valence-electron chi connectivity index (χ0n) is 25.8. The van der Waals surface area contributed by atoms with Crippen LogP contribution >= 0.6 is 11.3 Å². The van der Waals surface area contributed by atoms with Gasteiger partial charge in [0.15, 0.2) is 0 Å². The number of aliphatic imine (C=N–C) groups is 2. The number of para-hydroxylation sites is 2. The van der Waals surface area contributed by atoms with Gasteiger partial charge < -0.3 is 29.9 Å². The fraction of sp³-hybridized carbons (Fsp3) is 0.375. The summed E-state index contributed by atoms with van der Waals surface area (Å²) in [4.78, 5) is 40.9. The first-order chi connectivity index (χ1) is 20.9.